The van der Waals surface area contributed by atoms with Crippen molar-refractivity contribution in [2.45, 2.75) is 13.3 Å². The second kappa shape index (κ2) is 4.97. The molecule has 0 amide bonds. The molecule has 21 heavy (non-hydrogen) atoms. The zero-order valence-electron chi connectivity index (χ0n) is 10.6. The van der Waals surface area contributed by atoms with Crippen LogP contribution in [0, 0.1) is 6.92 Å². The lowest BCUT2D eigenvalue weighted by atomic mass is 10.2. The Kier molecular flexibility index (Phi) is 3.26. The molecule has 0 aliphatic rings. The van der Waals surface area contributed by atoms with E-state index >= 15 is 0 Å². The third-order valence-electron chi connectivity index (χ3n) is 2.89. The molecule has 3 aromatic heterocycles. The maximum atomic E-state index is 12.1. The number of carbonyl (C=O) groups is 1. The van der Waals surface area contributed by atoms with Gasteiger partial charge in [-0.15, -0.1) is 11.3 Å². The number of halogens is 1. The Morgan fingerprint density at radius 2 is 2.33 bits per heavy atom. The van der Waals surface area contributed by atoms with Crippen LogP contribution in [0.2, 0.25) is 5.22 Å². The molecule has 7 nitrogen and oxygen atoms in total. The van der Waals surface area contributed by atoms with Crippen molar-refractivity contribution in [3.05, 3.63) is 43.9 Å². The minimum Gasteiger partial charge on any atom is -0.477 e. The van der Waals surface area contributed by atoms with E-state index in [1.165, 1.54) is 6.20 Å². The number of aromatic nitrogens is 3. The average Bonchev–Trinajstić information content (AvgIpc) is 2.94. The van der Waals surface area contributed by atoms with Crippen LogP contribution in [0.3, 0.4) is 0 Å². The van der Waals surface area contributed by atoms with Gasteiger partial charge in [-0.1, -0.05) is 0 Å². The number of carboxylic acid groups (broad SMARTS) is 1. The van der Waals surface area contributed by atoms with Gasteiger partial charge >= 0.3 is 5.97 Å². The molecule has 0 atom stereocenters. The summed E-state index contributed by atoms with van der Waals surface area (Å²) in [6.45, 7) is 1.59. The van der Waals surface area contributed by atoms with E-state index in [-0.39, 0.29) is 22.1 Å². The number of aryl methyl sites for hydroxylation is 1. The number of carboxylic acids is 1. The van der Waals surface area contributed by atoms with E-state index in [0.717, 1.165) is 11.3 Å². The second-order valence-electron chi connectivity index (χ2n) is 4.29. The van der Waals surface area contributed by atoms with Crippen LogP contribution in [0.25, 0.3) is 10.2 Å². The van der Waals surface area contributed by atoms with Crippen molar-refractivity contribution >= 4 is 39.1 Å². The number of oxazole rings is 1. The summed E-state index contributed by atoms with van der Waals surface area (Å²) < 4.78 is 5.11. The SMILES string of the molecule is Cc1c(C(=O)O)sc2nc(Cc3ncc(Cl)o3)[nH]c(=O)c12. The lowest BCUT2D eigenvalue weighted by molar-refractivity contribution is 0.0701. The second-order valence-corrected chi connectivity index (χ2v) is 5.66. The molecule has 3 aromatic rings. The van der Waals surface area contributed by atoms with Gasteiger partial charge in [-0.25, -0.2) is 14.8 Å². The molecule has 0 aliphatic heterocycles. The molecule has 0 spiro atoms. The van der Waals surface area contributed by atoms with Crippen LogP contribution < -0.4 is 5.56 Å². The summed E-state index contributed by atoms with van der Waals surface area (Å²) in [4.78, 5) is 34.5. The summed E-state index contributed by atoms with van der Waals surface area (Å²) in [6.07, 6.45) is 1.52. The number of hydrogen-bond acceptors (Lipinski definition) is 6. The highest BCUT2D eigenvalue weighted by molar-refractivity contribution is 7.20. The van der Waals surface area contributed by atoms with E-state index in [9.17, 15) is 9.59 Å². The van der Waals surface area contributed by atoms with Gasteiger partial charge in [-0.2, -0.15) is 0 Å². The average molecular weight is 326 g/mol. The molecule has 0 radical (unpaired) electrons. The summed E-state index contributed by atoms with van der Waals surface area (Å²) in [7, 11) is 0. The topological polar surface area (TPSA) is 109 Å². The molecule has 9 heteroatoms. The number of fused-ring (bicyclic) bond motifs is 1. The minimum atomic E-state index is -1.07. The fraction of sp³-hybridized carbons (Fsp3) is 0.167. The number of hydrogen-bond donors (Lipinski definition) is 2. The number of aromatic carboxylic acids is 1. The Morgan fingerprint density at radius 1 is 1.57 bits per heavy atom. The molecule has 0 bridgehead atoms. The van der Waals surface area contributed by atoms with E-state index in [4.69, 9.17) is 21.1 Å². The van der Waals surface area contributed by atoms with Gasteiger partial charge in [0.1, 0.15) is 15.5 Å². The van der Waals surface area contributed by atoms with Crippen LogP contribution in [-0.4, -0.2) is 26.0 Å². The van der Waals surface area contributed by atoms with Crippen LogP contribution in [0.15, 0.2) is 15.4 Å². The van der Waals surface area contributed by atoms with E-state index in [1.807, 2.05) is 0 Å². The maximum absolute atomic E-state index is 12.1. The molecule has 2 N–H and O–H groups in total. The predicted octanol–water partition coefficient (Wildman–Crippen LogP) is 2.22. The molecular formula is C12H8ClN3O4S. The smallest absolute Gasteiger partial charge is 0.346 e. The first-order valence-corrected chi connectivity index (χ1v) is 7.01. The molecule has 0 unspecified atom stereocenters. The normalized spacial score (nSPS) is 11.1. The van der Waals surface area contributed by atoms with Crippen molar-refractivity contribution in [1.29, 1.82) is 0 Å². The molecule has 108 valence electrons. The van der Waals surface area contributed by atoms with Gasteiger partial charge in [0.05, 0.1) is 18.0 Å². The number of rotatable bonds is 3. The monoisotopic (exact) mass is 325 g/mol. The van der Waals surface area contributed by atoms with Crippen LogP contribution in [0.5, 0.6) is 0 Å². The Labute approximate surface area is 126 Å². The van der Waals surface area contributed by atoms with Crippen molar-refractivity contribution in [3.8, 4) is 0 Å². The summed E-state index contributed by atoms with van der Waals surface area (Å²) in [6, 6.07) is 0. The van der Waals surface area contributed by atoms with Crippen molar-refractivity contribution in [3.63, 3.8) is 0 Å². The van der Waals surface area contributed by atoms with Gasteiger partial charge in [0, 0.05) is 0 Å². The van der Waals surface area contributed by atoms with E-state index < -0.39 is 5.97 Å². The molecule has 0 saturated carbocycles. The Bertz CT molecular complexity index is 911. The van der Waals surface area contributed by atoms with Gasteiger partial charge < -0.3 is 14.5 Å². The highest BCUT2D eigenvalue weighted by Gasteiger charge is 2.19. The molecule has 0 aliphatic carbocycles. The third kappa shape index (κ3) is 2.43. The third-order valence-corrected chi connectivity index (χ3v) is 4.24. The standard InChI is InChI=1S/C12H8ClN3O4S/c1-4-8-10(17)15-6(2-7-14-3-5(13)20-7)16-11(8)21-9(4)12(18)19/h3H,2H2,1H3,(H,18,19)(H,15,16,17). The van der Waals surface area contributed by atoms with Crippen LogP contribution in [0.4, 0.5) is 0 Å². The largest absolute Gasteiger partial charge is 0.477 e. The van der Waals surface area contributed by atoms with Crippen LogP contribution >= 0.6 is 22.9 Å². The number of nitrogens with zero attached hydrogens (tertiary/aromatic N) is 2. The summed E-state index contributed by atoms with van der Waals surface area (Å²) in [5.74, 6) is -0.422. The van der Waals surface area contributed by atoms with Gasteiger partial charge in [0.2, 0.25) is 11.1 Å². The fourth-order valence-corrected chi connectivity index (χ4v) is 3.17. The molecule has 0 aromatic carbocycles. The van der Waals surface area contributed by atoms with Gasteiger partial charge in [-0.3, -0.25) is 4.79 Å². The number of nitrogens with one attached hydrogen (secondary N) is 1. The highest BCUT2D eigenvalue weighted by atomic mass is 35.5. The molecule has 3 heterocycles. The Hall–Kier alpha value is -2.19. The fourth-order valence-electron chi connectivity index (χ4n) is 1.99. The number of thiophene rings is 1. The molecular weight excluding hydrogens is 318 g/mol. The first-order valence-electron chi connectivity index (χ1n) is 5.81. The number of aromatic amines is 1. The van der Waals surface area contributed by atoms with E-state index in [0.29, 0.717) is 27.5 Å². The molecule has 0 saturated heterocycles. The van der Waals surface area contributed by atoms with Gasteiger partial charge in [0.25, 0.3) is 5.56 Å². The summed E-state index contributed by atoms with van der Waals surface area (Å²) in [5, 5.41) is 9.54. The summed E-state index contributed by atoms with van der Waals surface area (Å²) in [5.41, 5.74) is 0.0378. The van der Waals surface area contributed by atoms with Crippen molar-refractivity contribution in [2.75, 3.05) is 0 Å². The lowest BCUT2D eigenvalue weighted by Crippen LogP contribution is -2.12. The van der Waals surface area contributed by atoms with Gasteiger partial charge in [-0.05, 0) is 24.1 Å². The predicted molar refractivity (Wildman–Crippen MR) is 76.3 cm³/mol. The van der Waals surface area contributed by atoms with Crippen molar-refractivity contribution in [1.82, 2.24) is 15.0 Å². The first kappa shape index (κ1) is 13.8. The Morgan fingerprint density at radius 3 is 2.95 bits per heavy atom. The molecule has 3 rings (SSSR count). The quantitative estimate of drug-likeness (QED) is 0.764. The first-order chi connectivity index (χ1) is 9.95. The van der Waals surface area contributed by atoms with Gasteiger partial charge in [0.15, 0.2) is 0 Å². The van der Waals surface area contributed by atoms with E-state index in [2.05, 4.69) is 15.0 Å². The van der Waals surface area contributed by atoms with E-state index in [1.54, 1.807) is 6.92 Å². The van der Waals surface area contributed by atoms with Crippen LogP contribution in [0.1, 0.15) is 27.0 Å². The minimum absolute atomic E-state index is 0.110. The Balaban J connectivity index is 2.10. The highest BCUT2D eigenvalue weighted by Crippen LogP contribution is 2.27. The number of H-pyrrole nitrogens is 1. The van der Waals surface area contributed by atoms with Crippen molar-refractivity contribution in [2.24, 2.45) is 0 Å². The zero-order valence-corrected chi connectivity index (χ0v) is 12.2. The molecule has 0 fully saturated rings. The summed E-state index contributed by atoms with van der Waals surface area (Å²) >= 11 is 6.60. The maximum Gasteiger partial charge on any atom is 0.346 e. The lowest BCUT2D eigenvalue weighted by Gasteiger charge is -1.97. The van der Waals surface area contributed by atoms with Crippen molar-refractivity contribution < 1.29 is 14.3 Å². The zero-order chi connectivity index (χ0) is 15.1. The van der Waals surface area contributed by atoms with Crippen LogP contribution in [-0.2, 0) is 6.42 Å².